The van der Waals surface area contributed by atoms with E-state index in [9.17, 15) is 4.79 Å². The number of nitrogens with one attached hydrogen (secondary N) is 1. The zero-order chi connectivity index (χ0) is 13.5. The molecule has 1 amide bonds. The number of amides is 1. The molecule has 1 aromatic carbocycles. The second kappa shape index (κ2) is 7.44. The Balaban J connectivity index is 2.51. The van der Waals surface area contributed by atoms with E-state index in [2.05, 4.69) is 5.32 Å². The van der Waals surface area contributed by atoms with Gasteiger partial charge in [-0.1, -0.05) is 29.8 Å². The highest BCUT2D eigenvalue weighted by Gasteiger charge is 2.15. The molecule has 4 heteroatoms. The fourth-order valence-electron chi connectivity index (χ4n) is 1.63. The van der Waals surface area contributed by atoms with E-state index >= 15 is 0 Å². The summed E-state index contributed by atoms with van der Waals surface area (Å²) in [6.45, 7) is 4.02. The first-order valence-electron chi connectivity index (χ1n) is 6.16. The molecule has 0 aliphatic carbocycles. The minimum Gasteiger partial charge on any atom is -0.348 e. The number of aryl methyl sites for hydroxylation is 1. The molecule has 0 aliphatic heterocycles. The van der Waals surface area contributed by atoms with Gasteiger partial charge in [-0.25, -0.2) is 0 Å². The van der Waals surface area contributed by atoms with Crippen molar-refractivity contribution >= 4 is 17.7 Å². The molecule has 3 nitrogen and oxygen atoms in total. The Hall–Kier alpha value is -1.00. The quantitative estimate of drug-likeness (QED) is 0.830. The van der Waals surface area contributed by atoms with Crippen molar-refractivity contribution in [3.8, 4) is 0 Å². The molecule has 100 valence electrons. The molecule has 0 saturated carbocycles. The van der Waals surface area contributed by atoms with Crippen LogP contribution in [0.4, 0.5) is 0 Å². The van der Waals surface area contributed by atoms with Crippen molar-refractivity contribution in [3.05, 3.63) is 35.4 Å². The summed E-state index contributed by atoms with van der Waals surface area (Å²) in [7, 11) is 0. The normalized spacial score (nSPS) is 14.0. The van der Waals surface area contributed by atoms with E-state index in [4.69, 9.17) is 5.73 Å². The third-order valence-electron chi connectivity index (χ3n) is 2.91. The molecule has 0 saturated heterocycles. The lowest BCUT2D eigenvalue weighted by molar-refractivity contribution is -0.123. The molecule has 1 rings (SSSR count). The Bertz CT molecular complexity index is 378. The predicted octanol–water partition coefficient (Wildman–Crippen LogP) is 2.25. The van der Waals surface area contributed by atoms with Crippen LogP contribution in [0.25, 0.3) is 0 Å². The number of hydrogen-bond donors (Lipinski definition) is 2. The highest BCUT2D eigenvalue weighted by atomic mass is 32.2. The second-order valence-electron chi connectivity index (χ2n) is 4.53. The van der Waals surface area contributed by atoms with Crippen LogP contribution < -0.4 is 11.1 Å². The van der Waals surface area contributed by atoms with Crippen LogP contribution in [0.15, 0.2) is 24.3 Å². The highest BCUT2D eigenvalue weighted by molar-refractivity contribution is 7.98. The van der Waals surface area contributed by atoms with Crippen molar-refractivity contribution in [2.45, 2.75) is 32.4 Å². The van der Waals surface area contributed by atoms with Gasteiger partial charge >= 0.3 is 0 Å². The Morgan fingerprint density at radius 3 is 2.56 bits per heavy atom. The van der Waals surface area contributed by atoms with Crippen molar-refractivity contribution in [2.75, 3.05) is 12.0 Å². The average molecular weight is 266 g/mol. The fourth-order valence-corrected chi connectivity index (χ4v) is 2.12. The SMILES string of the molecule is CSCC[C@@H](N)C(=O)N[C@@H](C)c1ccc(C)cc1. The number of carbonyl (C=O) groups excluding carboxylic acids is 1. The number of rotatable bonds is 6. The summed E-state index contributed by atoms with van der Waals surface area (Å²) < 4.78 is 0. The lowest BCUT2D eigenvalue weighted by atomic mass is 10.1. The Labute approximate surface area is 114 Å². The molecule has 2 atom stereocenters. The van der Waals surface area contributed by atoms with Crippen LogP contribution in [0, 0.1) is 6.92 Å². The van der Waals surface area contributed by atoms with Gasteiger partial charge in [0.25, 0.3) is 0 Å². The summed E-state index contributed by atoms with van der Waals surface area (Å²) in [5.41, 5.74) is 8.15. The first kappa shape index (κ1) is 15.1. The predicted molar refractivity (Wildman–Crippen MR) is 78.7 cm³/mol. The Morgan fingerprint density at radius 1 is 1.39 bits per heavy atom. The van der Waals surface area contributed by atoms with Crippen LogP contribution in [0.5, 0.6) is 0 Å². The summed E-state index contributed by atoms with van der Waals surface area (Å²) in [6, 6.07) is 7.75. The molecular formula is C14H22N2OS. The standard InChI is InChI=1S/C14H22N2OS/c1-10-4-6-12(7-5-10)11(2)16-14(17)13(15)8-9-18-3/h4-7,11,13H,8-9,15H2,1-3H3,(H,16,17)/t11-,13+/m0/s1. The molecule has 0 aromatic heterocycles. The monoisotopic (exact) mass is 266 g/mol. The average Bonchev–Trinajstić information content (AvgIpc) is 2.36. The van der Waals surface area contributed by atoms with Crippen molar-refractivity contribution in [1.29, 1.82) is 0 Å². The maximum Gasteiger partial charge on any atom is 0.237 e. The first-order chi connectivity index (χ1) is 8.54. The molecule has 0 heterocycles. The smallest absolute Gasteiger partial charge is 0.237 e. The molecule has 1 aromatic rings. The number of carbonyl (C=O) groups is 1. The fraction of sp³-hybridized carbons (Fsp3) is 0.500. The highest BCUT2D eigenvalue weighted by Crippen LogP contribution is 2.13. The van der Waals surface area contributed by atoms with Gasteiger partial charge in [-0.3, -0.25) is 4.79 Å². The zero-order valence-electron chi connectivity index (χ0n) is 11.3. The van der Waals surface area contributed by atoms with E-state index in [1.807, 2.05) is 44.4 Å². The lowest BCUT2D eigenvalue weighted by Gasteiger charge is -2.17. The van der Waals surface area contributed by atoms with E-state index in [1.165, 1.54) is 5.56 Å². The van der Waals surface area contributed by atoms with Crippen LogP contribution in [0.1, 0.15) is 30.5 Å². The van der Waals surface area contributed by atoms with Crippen LogP contribution in [0.2, 0.25) is 0 Å². The molecule has 18 heavy (non-hydrogen) atoms. The topological polar surface area (TPSA) is 55.1 Å². The summed E-state index contributed by atoms with van der Waals surface area (Å²) in [5.74, 6) is 0.838. The maximum atomic E-state index is 11.9. The molecular weight excluding hydrogens is 244 g/mol. The van der Waals surface area contributed by atoms with E-state index < -0.39 is 6.04 Å². The van der Waals surface area contributed by atoms with Crippen LogP contribution in [0.3, 0.4) is 0 Å². The van der Waals surface area contributed by atoms with Crippen molar-refractivity contribution in [1.82, 2.24) is 5.32 Å². The van der Waals surface area contributed by atoms with Crippen LogP contribution in [-0.2, 0) is 4.79 Å². The zero-order valence-corrected chi connectivity index (χ0v) is 12.1. The minimum absolute atomic E-state index is 0.00145. The van der Waals surface area contributed by atoms with Crippen molar-refractivity contribution in [3.63, 3.8) is 0 Å². The van der Waals surface area contributed by atoms with Crippen molar-refractivity contribution in [2.24, 2.45) is 5.73 Å². The van der Waals surface area contributed by atoms with Crippen LogP contribution in [-0.4, -0.2) is 24.0 Å². The largest absolute Gasteiger partial charge is 0.348 e. The Morgan fingerprint density at radius 2 is 2.00 bits per heavy atom. The van der Waals surface area contributed by atoms with Gasteiger partial charge in [0.05, 0.1) is 12.1 Å². The summed E-state index contributed by atoms with van der Waals surface area (Å²) in [6.07, 6.45) is 2.73. The molecule has 0 spiro atoms. The molecule has 0 bridgehead atoms. The summed E-state index contributed by atoms with van der Waals surface area (Å²) >= 11 is 1.70. The lowest BCUT2D eigenvalue weighted by Crippen LogP contribution is -2.41. The van der Waals surface area contributed by atoms with Gasteiger partial charge in [-0.05, 0) is 37.8 Å². The van der Waals surface area contributed by atoms with Crippen LogP contribution >= 0.6 is 11.8 Å². The Kier molecular flexibility index (Phi) is 6.22. The van der Waals surface area contributed by atoms with Gasteiger partial charge in [0.15, 0.2) is 0 Å². The molecule has 3 N–H and O–H groups in total. The number of benzene rings is 1. The third kappa shape index (κ3) is 4.70. The maximum absolute atomic E-state index is 11.9. The van der Waals surface area contributed by atoms with E-state index in [0.717, 1.165) is 11.3 Å². The number of hydrogen-bond acceptors (Lipinski definition) is 3. The van der Waals surface area contributed by atoms with Gasteiger partial charge in [-0.15, -0.1) is 0 Å². The van der Waals surface area contributed by atoms with Crippen molar-refractivity contribution < 1.29 is 4.79 Å². The second-order valence-corrected chi connectivity index (χ2v) is 5.51. The van der Waals surface area contributed by atoms with Gasteiger partial charge in [-0.2, -0.15) is 11.8 Å². The summed E-state index contributed by atoms with van der Waals surface area (Å²) in [5, 5.41) is 2.95. The molecule has 0 radical (unpaired) electrons. The van der Waals surface area contributed by atoms with Gasteiger partial charge in [0, 0.05) is 0 Å². The van der Waals surface area contributed by atoms with Gasteiger partial charge in [0.2, 0.25) is 5.91 Å². The number of thioether (sulfide) groups is 1. The minimum atomic E-state index is -0.412. The molecule has 0 fully saturated rings. The number of nitrogens with two attached hydrogens (primary N) is 1. The summed E-state index contributed by atoms with van der Waals surface area (Å²) in [4.78, 5) is 11.9. The first-order valence-corrected chi connectivity index (χ1v) is 7.55. The van der Waals surface area contributed by atoms with E-state index in [0.29, 0.717) is 6.42 Å². The van der Waals surface area contributed by atoms with Gasteiger partial charge < -0.3 is 11.1 Å². The van der Waals surface area contributed by atoms with E-state index in [1.54, 1.807) is 11.8 Å². The third-order valence-corrected chi connectivity index (χ3v) is 3.55. The molecule has 0 unspecified atom stereocenters. The van der Waals surface area contributed by atoms with Gasteiger partial charge in [0.1, 0.15) is 0 Å². The molecule has 0 aliphatic rings. The van der Waals surface area contributed by atoms with E-state index in [-0.39, 0.29) is 11.9 Å².